The minimum absolute atomic E-state index is 0.0966. The molecule has 1 aliphatic carbocycles. The van der Waals surface area contributed by atoms with Gasteiger partial charge in [0.15, 0.2) is 0 Å². The molecule has 3 rings (SSSR count). The molecule has 1 aromatic carbocycles. The smallest absolute Gasteiger partial charge is 0.308 e. The van der Waals surface area contributed by atoms with Crippen LogP contribution in [0.25, 0.3) is 10.9 Å². The number of rotatable bonds is 7. The molecule has 1 aliphatic rings. The van der Waals surface area contributed by atoms with Crippen LogP contribution in [-0.2, 0) is 9.59 Å². The Balaban J connectivity index is 1.60. The molecule has 0 aliphatic heterocycles. The molecule has 1 aromatic heterocycles. The lowest BCUT2D eigenvalue weighted by Gasteiger charge is -2.24. The molecule has 7 nitrogen and oxygen atoms in total. The van der Waals surface area contributed by atoms with Crippen LogP contribution in [-0.4, -0.2) is 51.9 Å². The molecule has 25 heavy (non-hydrogen) atoms. The van der Waals surface area contributed by atoms with Crippen molar-refractivity contribution in [1.82, 2.24) is 15.2 Å². The first-order valence-electron chi connectivity index (χ1n) is 8.34. The molecule has 1 atom stereocenters. The highest BCUT2D eigenvalue weighted by Crippen LogP contribution is 2.27. The van der Waals surface area contributed by atoms with Crippen LogP contribution in [0.2, 0.25) is 0 Å². The zero-order valence-electron chi connectivity index (χ0n) is 14.0. The number of fused-ring (bicyclic) bond motifs is 1. The summed E-state index contributed by atoms with van der Waals surface area (Å²) in [4.78, 5) is 40.3. The molecule has 1 heterocycles. The molecular formula is C18H21N3O4. The number of H-pyrrole nitrogens is 1. The number of carbonyl (C=O) groups is 3. The molecule has 3 N–H and O–H groups in total. The SMILES string of the molecule is CC(CN(C(=O)CNC(=O)c1cc2ccccc2[nH]1)C1CC1)C(=O)O. The van der Waals surface area contributed by atoms with E-state index in [1.807, 2.05) is 24.3 Å². The fourth-order valence-electron chi connectivity index (χ4n) is 2.76. The van der Waals surface area contributed by atoms with Crippen molar-refractivity contribution < 1.29 is 19.5 Å². The summed E-state index contributed by atoms with van der Waals surface area (Å²) in [5, 5.41) is 12.6. The Bertz CT molecular complexity index is 777. The third kappa shape index (κ3) is 3.99. The molecule has 7 heteroatoms. The number of para-hydroxylation sites is 1. The summed E-state index contributed by atoms with van der Waals surface area (Å²) in [5.41, 5.74) is 1.25. The molecule has 132 valence electrons. The fourth-order valence-corrected chi connectivity index (χ4v) is 2.76. The summed E-state index contributed by atoms with van der Waals surface area (Å²) in [7, 11) is 0. The predicted octanol–water partition coefficient (Wildman–Crippen LogP) is 1.61. The van der Waals surface area contributed by atoms with E-state index in [2.05, 4.69) is 10.3 Å². The lowest BCUT2D eigenvalue weighted by Crippen LogP contribution is -2.44. The van der Waals surface area contributed by atoms with E-state index in [1.54, 1.807) is 17.9 Å². The van der Waals surface area contributed by atoms with E-state index in [9.17, 15) is 14.4 Å². The summed E-state index contributed by atoms with van der Waals surface area (Å²) in [6.07, 6.45) is 1.77. The number of hydrogen-bond donors (Lipinski definition) is 3. The molecule has 0 bridgehead atoms. The number of nitrogens with zero attached hydrogens (tertiary/aromatic N) is 1. The Labute approximate surface area is 145 Å². The maximum atomic E-state index is 12.4. The number of benzene rings is 1. The Hall–Kier alpha value is -2.83. The van der Waals surface area contributed by atoms with Gasteiger partial charge in [0.05, 0.1) is 12.5 Å². The van der Waals surface area contributed by atoms with Gasteiger partial charge in [-0.2, -0.15) is 0 Å². The fraction of sp³-hybridized carbons (Fsp3) is 0.389. The molecular weight excluding hydrogens is 322 g/mol. The van der Waals surface area contributed by atoms with Crippen molar-refractivity contribution in [3.63, 3.8) is 0 Å². The van der Waals surface area contributed by atoms with E-state index < -0.39 is 11.9 Å². The summed E-state index contributed by atoms with van der Waals surface area (Å²) in [5.74, 6) is -2.17. The highest BCUT2D eigenvalue weighted by atomic mass is 16.4. The van der Waals surface area contributed by atoms with Gasteiger partial charge in [-0.3, -0.25) is 14.4 Å². The first-order valence-corrected chi connectivity index (χ1v) is 8.34. The summed E-state index contributed by atoms with van der Waals surface area (Å²) in [6.45, 7) is 1.60. The van der Waals surface area contributed by atoms with Crippen LogP contribution in [0.15, 0.2) is 30.3 Å². The Morgan fingerprint density at radius 3 is 2.68 bits per heavy atom. The van der Waals surface area contributed by atoms with Gasteiger partial charge >= 0.3 is 5.97 Å². The maximum Gasteiger partial charge on any atom is 0.308 e. The third-order valence-electron chi connectivity index (χ3n) is 4.37. The van der Waals surface area contributed by atoms with Gasteiger partial charge in [-0.05, 0) is 25.0 Å². The van der Waals surface area contributed by atoms with Crippen molar-refractivity contribution in [3.8, 4) is 0 Å². The van der Waals surface area contributed by atoms with E-state index in [0.717, 1.165) is 23.7 Å². The monoisotopic (exact) mass is 343 g/mol. The molecule has 2 amide bonds. The number of aromatic amines is 1. The molecule has 0 radical (unpaired) electrons. The van der Waals surface area contributed by atoms with Gasteiger partial charge in [-0.15, -0.1) is 0 Å². The van der Waals surface area contributed by atoms with Crippen molar-refractivity contribution >= 4 is 28.7 Å². The first kappa shape index (κ1) is 17.0. The van der Waals surface area contributed by atoms with E-state index in [1.165, 1.54) is 0 Å². The van der Waals surface area contributed by atoms with Crippen LogP contribution < -0.4 is 5.32 Å². The zero-order chi connectivity index (χ0) is 18.0. The lowest BCUT2D eigenvalue weighted by atomic mass is 10.1. The van der Waals surface area contributed by atoms with Crippen molar-refractivity contribution in [2.45, 2.75) is 25.8 Å². The highest BCUT2D eigenvalue weighted by molar-refractivity contribution is 5.99. The van der Waals surface area contributed by atoms with Crippen LogP contribution in [0.3, 0.4) is 0 Å². The number of carboxylic acid groups (broad SMARTS) is 1. The molecule has 1 saturated carbocycles. The van der Waals surface area contributed by atoms with Crippen molar-refractivity contribution in [2.24, 2.45) is 5.92 Å². The molecule has 1 unspecified atom stereocenters. The van der Waals surface area contributed by atoms with E-state index in [4.69, 9.17) is 5.11 Å². The number of aliphatic carboxylic acids is 1. The van der Waals surface area contributed by atoms with Crippen LogP contribution in [0.5, 0.6) is 0 Å². The predicted molar refractivity (Wildman–Crippen MR) is 92.2 cm³/mol. The van der Waals surface area contributed by atoms with Crippen LogP contribution in [0.1, 0.15) is 30.3 Å². The van der Waals surface area contributed by atoms with Gasteiger partial charge in [0, 0.05) is 23.5 Å². The Morgan fingerprint density at radius 2 is 2.04 bits per heavy atom. The second-order valence-corrected chi connectivity index (χ2v) is 6.47. The average molecular weight is 343 g/mol. The number of nitrogens with one attached hydrogen (secondary N) is 2. The average Bonchev–Trinajstić information content (AvgIpc) is 3.34. The van der Waals surface area contributed by atoms with Crippen molar-refractivity contribution in [1.29, 1.82) is 0 Å². The molecule has 2 aromatic rings. The van der Waals surface area contributed by atoms with E-state index in [-0.39, 0.29) is 30.9 Å². The first-order chi connectivity index (χ1) is 12.0. The topological polar surface area (TPSA) is 103 Å². The van der Waals surface area contributed by atoms with Gasteiger partial charge < -0.3 is 20.3 Å². The molecule has 1 fully saturated rings. The summed E-state index contributed by atoms with van der Waals surface area (Å²) >= 11 is 0. The number of hydrogen-bond acceptors (Lipinski definition) is 3. The number of amides is 2. The highest BCUT2D eigenvalue weighted by Gasteiger charge is 2.34. The Morgan fingerprint density at radius 1 is 1.32 bits per heavy atom. The minimum atomic E-state index is -0.930. The minimum Gasteiger partial charge on any atom is -0.481 e. The van der Waals surface area contributed by atoms with Crippen LogP contribution in [0, 0.1) is 5.92 Å². The summed E-state index contributed by atoms with van der Waals surface area (Å²) < 4.78 is 0. The van der Waals surface area contributed by atoms with E-state index >= 15 is 0 Å². The number of aromatic nitrogens is 1. The molecule has 0 saturated heterocycles. The summed E-state index contributed by atoms with van der Waals surface area (Å²) in [6, 6.07) is 9.37. The second kappa shape index (κ2) is 6.96. The third-order valence-corrected chi connectivity index (χ3v) is 4.37. The number of carbonyl (C=O) groups excluding carboxylic acids is 2. The van der Waals surface area contributed by atoms with E-state index in [0.29, 0.717) is 5.69 Å². The quantitative estimate of drug-likeness (QED) is 0.710. The van der Waals surface area contributed by atoms with Gasteiger partial charge in [0.2, 0.25) is 5.91 Å². The maximum absolute atomic E-state index is 12.4. The van der Waals surface area contributed by atoms with Crippen molar-refractivity contribution in [3.05, 3.63) is 36.0 Å². The second-order valence-electron chi connectivity index (χ2n) is 6.47. The standard InChI is InChI=1S/C18H21N3O4/c1-11(18(24)25)10-21(13-6-7-13)16(22)9-19-17(23)15-8-12-4-2-3-5-14(12)20-15/h2-5,8,11,13,20H,6-7,9-10H2,1H3,(H,19,23)(H,24,25). The van der Waals surface area contributed by atoms with Gasteiger partial charge in [-0.25, -0.2) is 0 Å². The van der Waals surface area contributed by atoms with Gasteiger partial charge in [-0.1, -0.05) is 25.1 Å². The normalized spacial score (nSPS) is 14.9. The Kier molecular flexibility index (Phi) is 4.74. The zero-order valence-corrected chi connectivity index (χ0v) is 14.0. The van der Waals surface area contributed by atoms with Gasteiger partial charge in [0.25, 0.3) is 5.91 Å². The molecule has 0 spiro atoms. The number of carboxylic acids is 1. The lowest BCUT2D eigenvalue weighted by molar-refractivity contribution is -0.143. The van der Waals surface area contributed by atoms with Crippen LogP contribution in [0.4, 0.5) is 0 Å². The van der Waals surface area contributed by atoms with Gasteiger partial charge in [0.1, 0.15) is 5.69 Å². The van der Waals surface area contributed by atoms with Crippen molar-refractivity contribution in [2.75, 3.05) is 13.1 Å². The van der Waals surface area contributed by atoms with Crippen LogP contribution >= 0.6 is 0 Å². The largest absolute Gasteiger partial charge is 0.481 e.